The Labute approximate surface area is 98.2 Å². The number of hydrogen-bond acceptors (Lipinski definition) is 2. The van der Waals surface area contributed by atoms with Gasteiger partial charge in [-0.25, -0.2) is 4.79 Å². The van der Waals surface area contributed by atoms with Crippen LogP contribution in [-0.2, 0) is 4.79 Å². The highest BCUT2D eigenvalue weighted by Gasteiger charge is 1.97. The first-order valence-corrected chi connectivity index (χ1v) is 5.11. The first-order chi connectivity index (χ1) is 7.79. The van der Waals surface area contributed by atoms with E-state index in [1.165, 1.54) is 6.08 Å². The highest BCUT2D eigenvalue weighted by molar-refractivity contribution is 6.30. The maximum absolute atomic E-state index is 10.1. The van der Waals surface area contributed by atoms with Crippen molar-refractivity contribution >= 4 is 23.4 Å². The van der Waals surface area contributed by atoms with Crippen LogP contribution in [0.15, 0.2) is 53.5 Å². The number of benzene rings is 2. The van der Waals surface area contributed by atoms with Gasteiger partial charge in [0.1, 0.15) is 0 Å². The summed E-state index contributed by atoms with van der Waals surface area (Å²) in [6, 6.07) is 14.9. The predicted molar refractivity (Wildman–Crippen MR) is 64.7 cm³/mol. The molecule has 78 valence electrons. The highest BCUT2D eigenvalue weighted by atomic mass is 35.5. The summed E-state index contributed by atoms with van der Waals surface area (Å²) in [6.45, 7) is 0. The smallest absolute Gasteiger partial charge is 0.211 e. The zero-order valence-corrected chi connectivity index (χ0v) is 9.11. The standard InChI is InChI=1S/C13H8ClNO/c14-12-5-1-10(2-6-12)11-3-7-13(8-4-11)15-9-16/h1-8H. The fourth-order valence-corrected chi connectivity index (χ4v) is 1.55. The summed E-state index contributed by atoms with van der Waals surface area (Å²) in [5.74, 6) is 0. The molecule has 0 heterocycles. The largest absolute Gasteiger partial charge is 0.240 e. The van der Waals surface area contributed by atoms with Gasteiger partial charge in [0.15, 0.2) is 0 Å². The van der Waals surface area contributed by atoms with Crippen LogP contribution in [0.25, 0.3) is 11.1 Å². The molecule has 0 radical (unpaired) electrons. The van der Waals surface area contributed by atoms with Crippen LogP contribution in [0.3, 0.4) is 0 Å². The first kappa shape index (κ1) is 10.6. The second-order valence-corrected chi connectivity index (χ2v) is 3.69. The molecular formula is C13H8ClNO. The average Bonchev–Trinajstić information content (AvgIpc) is 2.32. The van der Waals surface area contributed by atoms with E-state index in [9.17, 15) is 4.79 Å². The molecule has 0 aliphatic carbocycles. The summed E-state index contributed by atoms with van der Waals surface area (Å²) in [5, 5.41) is 0.714. The Balaban J connectivity index is 2.34. The van der Waals surface area contributed by atoms with Crippen LogP contribution in [0.2, 0.25) is 5.02 Å². The molecule has 0 fully saturated rings. The molecule has 2 aromatic carbocycles. The van der Waals surface area contributed by atoms with E-state index >= 15 is 0 Å². The molecule has 0 aromatic heterocycles. The van der Waals surface area contributed by atoms with Gasteiger partial charge in [-0.3, -0.25) is 0 Å². The summed E-state index contributed by atoms with van der Waals surface area (Å²) < 4.78 is 0. The Hall–Kier alpha value is -1.89. The van der Waals surface area contributed by atoms with Gasteiger partial charge in [0.05, 0.1) is 5.69 Å². The van der Waals surface area contributed by atoms with Gasteiger partial charge in [0.2, 0.25) is 6.08 Å². The zero-order valence-electron chi connectivity index (χ0n) is 8.35. The molecule has 0 N–H and O–H groups in total. The number of nitrogens with zero attached hydrogens (tertiary/aromatic N) is 1. The predicted octanol–water partition coefficient (Wildman–Crippen LogP) is 3.97. The van der Waals surface area contributed by atoms with Crippen LogP contribution in [0.5, 0.6) is 0 Å². The molecule has 0 amide bonds. The third-order valence-electron chi connectivity index (χ3n) is 2.22. The summed E-state index contributed by atoms with van der Waals surface area (Å²) >= 11 is 5.81. The molecule has 0 aliphatic rings. The number of halogens is 1. The minimum atomic E-state index is 0.604. The van der Waals surface area contributed by atoms with E-state index in [1.54, 1.807) is 12.1 Å². The minimum absolute atomic E-state index is 0.604. The molecule has 2 nitrogen and oxygen atoms in total. The Morgan fingerprint density at radius 2 is 1.38 bits per heavy atom. The molecule has 0 unspecified atom stereocenters. The van der Waals surface area contributed by atoms with E-state index in [0.717, 1.165) is 11.1 Å². The molecule has 0 spiro atoms. The molecule has 0 saturated heterocycles. The van der Waals surface area contributed by atoms with Crippen molar-refractivity contribution in [1.29, 1.82) is 0 Å². The lowest BCUT2D eigenvalue weighted by atomic mass is 10.1. The van der Waals surface area contributed by atoms with E-state index in [0.29, 0.717) is 10.7 Å². The van der Waals surface area contributed by atoms with Crippen molar-refractivity contribution in [2.75, 3.05) is 0 Å². The molecular weight excluding hydrogens is 222 g/mol. The summed E-state index contributed by atoms with van der Waals surface area (Å²) in [6.07, 6.45) is 1.51. The van der Waals surface area contributed by atoms with Crippen molar-refractivity contribution in [3.63, 3.8) is 0 Å². The van der Waals surface area contributed by atoms with Gasteiger partial charge in [0.25, 0.3) is 0 Å². The number of isocyanates is 1. The molecule has 2 rings (SSSR count). The fourth-order valence-electron chi connectivity index (χ4n) is 1.42. The number of aliphatic imine (C=N–C) groups is 1. The van der Waals surface area contributed by atoms with Gasteiger partial charge in [-0.1, -0.05) is 35.9 Å². The van der Waals surface area contributed by atoms with E-state index in [2.05, 4.69) is 4.99 Å². The minimum Gasteiger partial charge on any atom is -0.211 e. The second-order valence-electron chi connectivity index (χ2n) is 3.26. The number of carbonyl (C=O) groups excluding carboxylic acids is 1. The quantitative estimate of drug-likeness (QED) is 0.566. The fraction of sp³-hybridized carbons (Fsp3) is 0. The monoisotopic (exact) mass is 229 g/mol. The van der Waals surface area contributed by atoms with Gasteiger partial charge < -0.3 is 0 Å². The van der Waals surface area contributed by atoms with Gasteiger partial charge in [-0.2, -0.15) is 4.99 Å². The average molecular weight is 230 g/mol. The van der Waals surface area contributed by atoms with E-state index in [4.69, 9.17) is 11.6 Å². The van der Waals surface area contributed by atoms with E-state index in [1.807, 2.05) is 36.4 Å². The third-order valence-corrected chi connectivity index (χ3v) is 2.47. The van der Waals surface area contributed by atoms with Crippen LogP contribution >= 0.6 is 11.6 Å². The normalized spacial score (nSPS) is 9.56. The van der Waals surface area contributed by atoms with Crippen molar-refractivity contribution in [1.82, 2.24) is 0 Å². The van der Waals surface area contributed by atoms with Crippen molar-refractivity contribution in [2.24, 2.45) is 4.99 Å². The van der Waals surface area contributed by atoms with Crippen molar-refractivity contribution in [3.8, 4) is 11.1 Å². The first-order valence-electron chi connectivity index (χ1n) is 4.73. The third kappa shape index (κ3) is 2.37. The molecule has 3 heteroatoms. The van der Waals surface area contributed by atoms with Crippen molar-refractivity contribution in [3.05, 3.63) is 53.6 Å². The van der Waals surface area contributed by atoms with Crippen molar-refractivity contribution in [2.45, 2.75) is 0 Å². The lowest BCUT2D eigenvalue weighted by molar-refractivity contribution is 0.565. The van der Waals surface area contributed by atoms with Gasteiger partial charge >= 0.3 is 0 Å². The van der Waals surface area contributed by atoms with Crippen LogP contribution in [0, 0.1) is 0 Å². The Morgan fingerprint density at radius 1 is 0.875 bits per heavy atom. The maximum atomic E-state index is 10.1. The summed E-state index contributed by atoms with van der Waals surface area (Å²) in [5.41, 5.74) is 2.74. The Morgan fingerprint density at radius 3 is 1.88 bits per heavy atom. The highest BCUT2D eigenvalue weighted by Crippen LogP contribution is 2.23. The zero-order chi connectivity index (χ0) is 11.4. The molecule has 16 heavy (non-hydrogen) atoms. The topological polar surface area (TPSA) is 29.4 Å². The number of hydrogen-bond donors (Lipinski definition) is 0. The second kappa shape index (κ2) is 4.75. The Bertz CT molecular complexity index is 525. The summed E-state index contributed by atoms with van der Waals surface area (Å²) in [4.78, 5) is 13.6. The van der Waals surface area contributed by atoms with E-state index in [-0.39, 0.29) is 0 Å². The lowest BCUT2D eigenvalue weighted by Gasteiger charge is -2.01. The lowest BCUT2D eigenvalue weighted by Crippen LogP contribution is -1.76. The van der Waals surface area contributed by atoms with Crippen LogP contribution < -0.4 is 0 Å². The van der Waals surface area contributed by atoms with Gasteiger partial charge in [-0.15, -0.1) is 0 Å². The van der Waals surface area contributed by atoms with Crippen LogP contribution in [0.4, 0.5) is 5.69 Å². The van der Waals surface area contributed by atoms with Crippen molar-refractivity contribution < 1.29 is 4.79 Å². The molecule has 0 saturated carbocycles. The van der Waals surface area contributed by atoms with E-state index < -0.39 is 0 Å². The number of rotatable bonds is 2. The van der Waals surface area contributed by atoms with Gasteiger partial charge in [0, 0.05) is 5.02 Å². The van der Waals surface area contributed by atoms with Crippen LogP contribution in [0.1, 0.15) is 0 Å². The molecule has 2 aromatic rings. The summed E-state index contributed by atoms with van der Waals surface area (Å²) in [7, 11) is 0. The van der Waals surface area contributed by atoms with Gasteiger partial charge in [-0.05, 0) is 35.4 Å². The molecule has 0 bridgehead atoms. The maximum Gasteiger partial charge on any atom is 0.240 e. The molecule has 0 aliphatic heterocycles. The van der Waals surface area contributed by atoms with Crippen LogP contribution in [-0.4, -0.2) is 6.08 Å². The SMILES string of the molecule is O=C=Nc1ccc(-c2ccc(Cl)cc2)cc1. The Kier molecular flexibility index (Phi) is 3.16. The molecule has 0 atom stereocenters.